The zero-order chi connectivity index (χ0) is 19.4. The molecule has 0 bridgehead atoms. The third kappa shape index (κ3) is 4.63. The number of benzene rings is 2. The molecule has 1 atom stereocenters. The number of hydrogen-bond acceptors (Lipinski definition) is 4. The van der Waals surface area contributed by atoms with E-state index in [0.29, 0.717) is 11.7 Å². The van der Waals surface area contributed by atoms with Crippen LogP contribution in [-0.2, 0) is 0 Å². The van der Waals surface area contributed by atoms with Gasteiger partial charge < -0.3 is 14.9 Å². The molecule has 3 rings (SSSR count). The van der Waals surface area contributed by atoms with Gasteiger partial charge in [-0.25, -0.2) is 0 Å². The Morgan fingerprint density at radius 1 is 1.07 bits per heavy atom. The van der Waals surface area contributed by atoms with Crippen molar-refractivity contribution < 1.29 is 14.4 Å². The number of carbonyl (C=O) groups excluding carboxylic acids is 1. The summed E-state index contributed by atoms with van der Waals surface area (Å²) in [5.74, 6) is 0.589. The molecule has 0 saturated heterocycles. The maximum absolute atomic E-state index is 12.3. The fourth-order valence-electron chi connectivity index (χ4n) is 2.74. The van der Waals surface area contributed by atoms with Crippen LogP contribution in [0.2, 0.25) is 0 Å². The molecule has 0 aliphatic heterocycles. The quantitative estimate of drug-likeness (QED) is 0.686. The molecule has 1 heterocycles. The van der Waals surface area contributed by atoms with Crippen LogP contribution >= 0.6 is 0 Å². The van der Waals surface area contributed by atoms with E-state index in [1.807, 2.05) is 55.5 Å². The third-order valence-corrected chi connectivity index (χ3v) is 4.52. The van der Waals surface area contributed by atoms with Crippen molar-refractivity contribution in [3.63, 3.8) is 0 Å². The molecule has 27 heavy (non-hydrogen) atoms. The molecule has 1 aromatic heterocycles. The second-order valence-corrected chi connectivity index (χ2v) is 6.99. The summed E-state index contributed by atoms with van der Waals surface area (Å²) in [4.78, 5) is 12.3. The Bertz CT molecular complexity index is 896. The summed E-state index contributed by atoms with van der Waals surface area (Å²) in [6, 6.07) is 17.1. The first-order valence-electron chi connectivity index (χ1n) is 9.04. The standard InChI is InChI=1S/C22H24N2O3/c1-14(2)16-8-10-17(11-9-16)20(25)13-23-22(26)19-12-21(27-24-19)18-6-4-15(3)5-7-18/h4-12,14,20,25H,13H2,1-3H3,(H,23,26). The zero-order valence-corrected chi connectivity index (χ0v) is 15.8. The van der Waals surface area contributed by atoms with Gasteiger partial charge >= 0.3 is 0 Å². The summed E-state index contributed by atoms with van der Waals surface area (Å²) in [5.41, 5.74) is 4.17. The molecule has 1 amide bonds. The van der Waals surface area contributed by atoms with Gasteiger partial charge in [-0.2, -0.15) is 0 Å². The van der Waals surface area contributed by atoms with Gasteiger partial charge in [0.05, 0.1) is 6.10 Å². The number of rotatable bonds is 6. The van der Waals surface area contributed by atoms with E-state index in [2.05, 4.69) is 24.3 Å². The summed E-state index contributed by atoms with van der Waals surface area (Å²) in [5, 5.41) is 16.8. The number of nitrogens with one attached hydrogen (secondary N) is 1. The molecule has 2 N–H and O–H groups in total. The highest BCUT2D eigenvalue weighted by Crippen LogP contribution is 2.21. The Morgan fingerprint density at radius 2 is 1.70 bits per heavy atom. The average molecular weight is 364 g/mol. The minimum absolute atomic E-state index is 0.104. The molecular formula is C22H24N2O3. The molecule has 0 radical (unpaired) electrons. The summed E-state index contributed by atoms with van der Waals surface area (Å²) in [7, 11) is 0. The van der Waals surface area contributed by atoms with Crippen molar-refractivity contribution in [3.8, 4) is 11.3 Å². The van der Waals surface area contributed by atoms with E-state index < -0.39 is 6.10 Å². The molecule has 0 aliphatic rings. The SMILES string of the molecule is Cc1ccc(-c2cc(C(=O)NCC(O)c3ccc(C(C)C)cc3)no2)cc1. The molecule has 3 aromatic rings. The van der Waals surface area contributed by atoms with Gasteiger partial charge in [0, 0.05) is 18.2 Å². The van der Waals surface area contributed by atoms with Gasteiger partial charge in [-0.05, 0) is 24.0 Å². The third-order valence-electron chi connectivity index (χ3n) is 4.52. The van der Waals surface area contributed by atoms with Crippen molar-refractivity contribution >= 4 is 5.91 Å². The van der Waals surface area contributed by atoms with Crippen LogP contribution in [0.25, 0.3) is 11.3 Å². The number of nitrogens with zero attached hydrogens (tertiary/aromatic N) is 1. The molecular weight excluding hydrogens is 340 g/mol. The van der Waals surface area contributed by atoms with Gasteiger partial charge in [-0.1, -0.05) is 73.1 Å². The maximum Gasteiger partial charge on any atom is 0.273 e. The lowest BCUT2D eigenvalue weighted by Gasteiger charge is -2.13. The van der Waals surface area contributed by atoms with Crippen LogP contribution in [-0.4, -0.2) is 22.7 Å². The van der Waals surface area contributed by atoms with Crippen molar-refractivity contribution in [2.75, 3.05) is 6.54 Å². The van der Waals surface area contributed by atoms with E-state index in [1.54, 1.807) is 6.07 Å². The van der Waals surface area contributed by atoms with Gasteiger partial charge in [0.1, 0.15) is 0 Å². The highest BCUT2D eigenvalue weighted by atomic mass is 16.5. The van der Waals surface area contributed by atoms with Gasteiger partial charge in [0.15, 0.2) is 11.5 Å². The second-order valence-electron chi connectivity index (χ2n) is 6.99. The van der Waals surface area contributed by atoms with E-state index in [0.717, 1.165) is 16.7 Å². The van der Waals surface area contributed by atoms with Crippen LogP contribution in [0.4, 0.5) is 0 Å². The van der Waals surface area contributed by atoms with Crippen molar-refractivity contribution in [3.05, 3.63) is 77.0 Å². The first kappa shape index (κ1) is 18.9. The van der Waals surface area contributed by atoms with Crippen molar-refractivity contribution in [1.29, 1.82) is 0 Å². The van der Waals surface area contributed by atoms with Crippen LogP contribution < -0.4 is 5.32 Å². The van der Waals surface area contributed by atoms with Crippen LogP contribution in [0, 0.1) is 6.92 Å². The first-order valence-corrected chi connectivity index (χ1v) is 9.04. The molecule has 0 saturated carbocycles. The summed E-state index contributed by atoms with van der Waals surface area (Å²) in [6.45, 7) is 6.35. The maximum atomic E-state index is 12.3. The van der Waals surface area contributed by atoms with E-state index in [-0.39, 0.29) is 18.1 Å². The van der Waals surface area contributed by atoms with Gasteiger partial charge in [-0.15, -0.1) is 0 Å². The average Bonchev–Trinajstić information content (AvgIpc) is 3.16. The Kier molecular flexibility index (Phi) is 5.72. The highest BCUT2D eigenvalue weighted by molar-refractivity contribution is 5.93. The number of carbonyl (C=O) groups is 1. The van der Waals surface area contributed by atoms with Gasteiger partial charge in [0.25, 0.3) is 5.91 Å². The summed E-state index contributed by atoms with van der Waals surface area (Å²) >= 11 is 0. The monoisotopic (exact) mass is 364 g/mol. The van der Waals surface area contributed by atoms with E-state index in [9.17, 15) is 9.90 Å². The minimum Gasteiger partial charge on any atom is -0.387 e. The fourth-order valence-corrected chi connectivity index (χ4v) is 2.74. The lowest BCUT2D eigenvalue weighted by molar-refractivity contribution is 0.0907. The predicted octanol–water partition coefficient (Wildman–Crippen LogP) is 4.24. The van der Waals surface area contributed by atoms with Crippen molar-refractivity contribution in [1.82, 2.24) is 10.5 Å². The Balaban J connectivity index is 1.59. The molecule has 1 unspecified atom stereocenters. The second kappa shape index (κ2) is 8.18. The van der Waals surface area contributed by atoms with Crippen LogP contribution in [0.5, 0.6) is 0 Å². The van der Waals surface area contributed by atoms with Crippen LogP contribution in [0.1, 0.15) is 53.0 Å². The first-order chi connectivity index (χ1) is 12.9. The van der Waals surface area contributed by atoms with Crippen molar-refractivity contribution in [2.45, 2.75) is 32.8 Å². The molecule has 140 valence electrons. The number of amides is 1. The Morgan fingerprint density at radius 3 is 2.33 bits per heavy atom. The van der Waals surface area contributed by atoms with Crippen LogP contribution in [0.15, 0.2) is 59.1 Å². The largest absolute Gasteiger partial charge is 0.387 e. The number of aliphatic hydroxyl groups excluding tert-OH is 1. The van der Waals surface area contributed by atoms with E-state index in [4.69, 9.17) is 4.52 Å². The Labute approximate surface area is 159 Å². The predicted molar refractivity (Wildman–Crippen MR) is 105 cm³/mol. The lowest BCUT2D eigenvalue weighted by atomic mass is 10.00. The number of aromatic nitrogens is 1. The molecule has 0 aliphatic carbocycles. The topological polar surface area (TPSA) is 75.4 Å². The summed E-state index contributed by atoms with van der Waals surface area (Å²) in [6.07, 6.45) is -0.779. The normalized spacial score (nSPS) is 12.2. The molecule has 5 nitrogen and oxygen atoms in total. The van der Waals surface area contributed by atoms with Crippen LogP contribution in [0.3, 0.4) is 0 Å². The van der Waals surface area contributed by atoms with Gasteiger partial charge in [-0.3, -0.25) is 4.79 Å². The van der Waals surface area contributed by atoms with Crippen molar-refractivity contribution in [2.24, 2.45) is 0 Å². The number of hydrogen-bond donors (Lipinski definition) is 2. The minimum atomic E-state index is -0.779. The molecule has 0 spiro atoms. The smallest absolute Gasteiger partial charge is 0.273 e. The number of aryl methyl sites for hydroxylation is 1. The molecule has 0 fully saturated rings. The summed E-state index contributed by atoms with van der Waals surface area (Å²) < 4.78 is 5.27. The highest BCUT2D eigenvalue weighted by Gasteiger charge is 2.16. The molecule has 5 heteroatoms. The number of aliphatic hydroxyl groups is 1. The Hall–Kier alpha value is -2.92. The molecule has 2 aromatic carbocycles. The fraction of sp³-hybridized carbons (Fsp3) is 0.273. The lowest BCUT2D eigenvalue weighted by Crippen LogP contribution is -2.28. The zero-order valence-electron chi connectivity index (χ0n) is 15.8. The van der Waals surface area contributed by atoms with E-state index in [1.165, 1.54) is 5.56 Å². The van der Waals surface area contributed by atoms with Gasteiger partial charge in [0.2, 0.25) is 0 Å². The van der Waals surface area contributed by atoms with E-state index >= 15 is 0 Å².